The lowest BCUT2D eigenvalue weighted by Gasteiger charge is -1.97. The first-order valence-corrected chi connectivity index (χ1v) is 5.31. The fourth-order valence-electron chi connectivity index (χ4n) is 0.792. The topological polar surface area (TPSA) is 17.1 Å². The fourth-order valence-corrected chi connectivity index (χ4v) is 1.12. The van der Waals surface area contributed by atoms with Crippen LogP contribution in [0.2, 0.25) is 0 Å². The zero-order chi connectivity index (χ0) is 11.1. The average molecular weight is 265 g/mol. The molecule has 0 aromatic heterocycles. The minimum Gasteiger partial charge on any atom is -0.293 e. The Balaban J connectivity index is 0.000000791. The maximum absolute atomic E-state index is 12.5. The molecule has 0 atom stereocenters. The van der Waals surface area contributed by atoms with E-state index in [4.69, 9.17) is 0 Å². The molecule has 0 N–H and O–H groups in total. The van der Waals surface area contributed by atoms with Crippen LogP contribution in [0.3, 0.4) is 0 Å². The largest absolute Gasteiger partial charge is 0.293 e. The zero-order valence-corrected chi connectivity index (χ0v) is 9.57. The molecule has 0 heterocycles. The van der Waals surface area contributed by atoms with Crippen molar-refractivity contribution in [3.63, 3.8) is 0 Å². The number of carbonyl (C=O) groups is 1. The minimum absolute atomic E-state index is 0.0457. The fraction of sp³-hybridized carbons (Fsp3) is 0.300. The van der Waals surface area contributed by atoms with Crippen LogP contribution in [0.25, 0.3) is 0 Å². The monoisotopic (exact) mass is 264 g/mol. The van der Waals surface area contributed by atoms with Crippen LogP contribution >= 0.6 is 15.9 Å². The van der Waals surface area contributed by atoms with Gasteiger partial charge in [0.05, 0.1) is 5.33 Å². The molecule has 4 heteroatoms. The maximum Gasteiger partial charge on any atom is 0.173 e. The summed E-state index contributed by atoms with van der Waals surface area (Å²) in [5.74, 6) is -1.81. The number of hydrogen-bond acceptors (Lipinski definition) is 1. The van der Waals surface area contributed by atoms with Crippen LogP contribution in [0.4, 0.5) is 8.78 Å². The second kappa shape index (κ2) is 6.65. The van der Waals surface area contributed by atoms with Crippen molar-refractivity contribution in [2.75, 3.05) is 5.33 Å². The van der Waals surface area contributed by atoms with Gasteiger partial charge >= 0.3 is 0 Å². The Kier molecular flexibility index (Phi) is 6.28. The van der Waals surface area contributed by atoms with Crippen LogP contribution in [0.1, 0.15) is 24.2 Å². The quantitative estimate of drug-likeness (QED) is 0.590. The van der Waals surface area contributed by atoms with Gasteiger partial charge in [-0.05, 0) is 12.1 Å². The number of ketones is 1. The highest BCUT2D eigenvalue weighted by Gasteiger charge is 2.06. The summed E-state index contributed by atoms with van der Waals surface area (Å²) in [4.78, 5) is 10.9. The molecular weight excluding hydrogens is 254 g/mol. The second-order valence-electron chi connectivity index (χ2n) is 2.21. The third-order valence-corrected chi connectivity index (χ3v) is 1.82. The van der Waals surface area contributed by atoms with Crippen molar-refractivity contribution >= 4 is 21.7 Å². The van der Waals surface area contributed by atoms with E-state index < -0.39 is 11.6 Å². The van der Waals surface area contributed by atoms with E-state index >= 15 is 0 Å². The van der Waals surface area contributed by atoms with Gasteiger partial charge in [0.15, 0.2) is 5.78 Å². The first kappa shape index (κ1) is 13.2. The Morgan fingerprint density at radius 1 is 1.21 bits per heavy atom. The van der Waals surface area contributed by atoms with E-state index in [1.54, 1.807) is 0 Å². The van der Waals surface area contributed by atoms with Gasteiger partial charge in [0.1, 0.15) is 11.6 Å². The summed E-state index contributed by atoms with van der Waals surface area (Å²) in [6.07, 6.45) is 0. The zero-order valence-electron chi connectivity index (χ0n) is 7.98. The van der Waals surface area contributed by atoms with Gasteiger partial charge in [0, 0.05) is 11.6 Å². The molecule has 78 valence electrons. The van der Waals surface area contributed by atoms with Crippen molar-refractivity contribution in [3.8, 4) is 0 Å². The summed E-state index contributed by atoms with van der Waals surface area (Å²) in [6.45, 7) is 4.00. The molecule has 0 bridgehead atoms. The van der Waals surface area contributed by atoms with Crippen LogP contribution in [0.15, 0.2) is 18.2 Å². The number of carbonyl (C=O) groups excluding carboxylic acids is 1. The molecular formula is C10H11BrF2O. The molecule has 1 aromatic carbocycles. The third kappa shape index (κ3) is 3.96. The number of hydrogen-bond donors (Lipinski definition) is 0. The van der Waals surface area contributed by atoms with E-state index in [1.165, 1.54) is 0 Å². The van der Waals surface area contributed by atoms with E-state index in [0.717, 1.165) is 18.2 Å². The van der Waals surface area contributed by atoms with Gasteiger partial charge in [-0.2, -0.15) is 0 Å². The summed E-state index contributed by atoms with van der Waals surface area (Å²) in [6, 6.07) is 2.74. The van der Waals surface area contributed by atoms with Gasteiger partial charge in [0.25, 0.3) is 0 Å². The Morgan fingerprint density at radius 3 is 2.00 bits per heavy atom. The van der Waals surface area contributed by atoms with Crippen molar-refractivity contribution in [2.45, 2.75) is 13.8 Å². The molecule has 1 rings (SSSR count). The highest BCUT2D eigenvalue weighted by molar-refractivity contribution is 9.09. The molecule has 1 nitrogen and oxygen atoms in total. The standard InChI is InChI=1S/C8H5BrF2O.C2H6/c9-4-8(12)5-1-6(10)3-7(11)2-5;1-2/h1-3H,4H2;1-2H3. The Labute approximate surface area is 90.3 Å². The average Bonchev–Trinajstić information content (AvgIpc) is 2.18. The van der Waals surface area contributed by atoms with E-state index in [-0.39, 0.29) is 16.7 Å². The molecule has 0 saturated heterocycles. The van der Waals surface area contributed by atoms with Gasteiger partial charge in [-0.15, -0.1) is 0 Å². The van der Waals surface area contributed by atoms with Gasteiger partial charge < -0.3 is 0 Å². The SMILES string of the molecule is CC.O=C(CBr)c1cc(F)cc(F)c1. The first-order valence-electron chi connectivity index (χ1n) is 4.18. The molecule has 0 aliphatic heterocycles. The molecule has 0 unspecified atom stereocenters. The minimum atomic E-state index is -0.737. The van der Waals surface area contributed by atoms with Crippen molar-refractivity contribution in [1.29, 1.82) is 0 Å². The van der Waals surface area contributed by atoms with Crippen LogP contribution in [0, 0.1) is 11.6 Å². The van der Waals surface area contributed by atoms with E-state index in [1.807, 2.05) is 13.8 Å². The van der Waals surface area contributed by atoms with Gasteiger partial charge in [-0.25, -0.2) is 8.78 Å². The third-order valence-electron chi connectivity index (χ3n) is 1.31. The molecule has 0 saturated carbocycles. The lowest BCUT2D eigenvalue weighted by atomic mass is 10.1. The second-order valence-corrected chi connectivity index (χ2v) is 2.78. The summed E-state index contributed by atoms with van der Waals surface area (Å²) < 4.78 is 25.0. The summed E-state index contributed by atoms with van der Waals surface area (Å²) >= 11 is 2.91. The molecule has 1 aromatic rings. The number of alkyl halides is 1. The molecule has 0 aliphatic carbocycles. The Hall–Kier alpha value is -0.770. The Morgan fingerprint density at radius 2 is 1.64 bits per heavy atom. The predicted octanol–water partition coefficient (Wildman–Crippen LogP) is 3.57. The molecule has 0 fully saturated rings. The van der Waals surface area contributed by atoms with E-state index in [2.05, 4.69) is 15.9 Å². The molecule has 0 spiro atoms. The lowest BCUT2D eigenvalue weighted by Crippen LogP contribution is -2.01. The van der Waals surface area contributed by atoms with Crippen molar-refractivity contribution in [1.82, 2.24) is 0 Å². The van der Waals surface area contributed by atoms with E-state index in [0.29, 0.717) is 0 Å². The highest BCUT2D eigenvalue weighted by atomic mass is 79.9. The predicted molar refractivity (Wildman–Crippen MR) is 55.8 cm³/mol. The lowest BCUT2D eigenvalue weighted by molar-refractivity contribution is 0.102. The number of rotatable bonds is 2. The maximum atomic E-state index is 12.5. The summed E-state index contributed by atoms with van der Waals surface area (Å²) in [5.41, 5.74) is 0.0457. The van der Waals surface area contributed by atoms with Crippen LogP contribution in [0.5, 0.6) is 0 Å². The van der Waals surface area contributed by atoms with Crippen molar-refractivity contribution in [2.24, 2.45) is 0 Å². The normalized spacial score (nSPS) is 8.93. The molecule has 0 amide bonds. The van der Waals surface area contributed by atoms with E-state index in [9.17, 15) is 13.6 Å². The summed E-state index contributed by atoms with van der Waals surface area (Å²) in [5, 5.41) is 0.0654. The van der Waals surface area contributed by atoms with Crippen molar-refractivity contribution in [3.05, 3.63) is 35.4 Å². The van der Waals surface area contributed by atoms with Gasteiger partial charge in [0.2, 0.25) is 0 Å². The molecule has 0 aliphatic rings. The number of halogens is 3. The van der Waals surface area contributed by atoms with Crippen LogP contribution < -0.4 is 0 Å². The van der Waals surface area contributed by atoms with Crippen LogP contribution in [-0.2, 0) is 0 Å². The van der Waals surface area contributed by atoms with Crippen molar-refractivity contribution < 1.29 is 13.6 Å². The molecule has 14 heavy (non-hydrogen) atoms. The summed E-state index contributed by atoms with van der Waals surface area (Å²) in [7, 11) is 0. The number of benzene rings is 1. The molecule has 0 radical (unpaired) electrons. The number of Topliss-reactive ketones (excluding diaryl/α,β-unsaturated/α-hetero) is 1. The van der Waals surface area contributed by atoms with Gasteiger partial charge in [-0.3, -0.25) is 4.79 Å². The Bertz CT molecular complexity index is 293. The highest BCUT2D eigenvalue weighted by Crippen LogP contribution is 2.09. The van der Waals surface area contributed by atoms with Gasteiger partial charge in [-0.1, -0.05) is 29.8 Å². The smallest absolute Gasteiger partial charge is 0.173 e. The van der Waals surface area contributed by atoms with Crippen LogP contribution in [-0.4, -0.2) is 11.1 Å². The first-order chi connectivity index (χ1) is 6.63.